The number of carbonyl (C=O) groups is 1. The zero-order valence-corrected chi connectivity index (χ0v) is 26.3. The van der Waals surface area contributed by atoms with Crippen LogP contribution in [0.3, 0.4) is 0 Å². The van der Waals surface area contributed by atoms with Crippen LogP contribution in [0, 0.1) is 17.8 Å². The van der Waals surface area contributed by atoms with Gasteiger partial charge in [-0.1, -0.05) is 74.7 Å². The third-order valence-corrected chi connectivity index (χ3v) is 8.76. The van der Waals surface area contributed by atoms with Crippen molar-refractivity contribution in [2.75, 3.05) is 13.2 Å². The number of epoxide rings is 1. The normalized spacial score (nSPS) is 25.1. The molecule has 1 aromatic rings. The molecule has 5 atom stereocenters. The Hall–Kier alpha value is -2.25. The van der Waals surface area contributed by atoms with Gasteiger partial charge in [-0.3, -0.25) is 4.79 Å². The summed E-state index contributed by atoms with van der Waals surface area (Å²) in [5.74, 6) is -2.20. The SMILES string of the molecule is CCCC(c1ccc(C(=O)NCCC(C)(O)O)cc1)C(C(C)=CCC=C(C)Cl)C1(C2=CC(C)C(C)C(F)=C2C)CO1. The molecule has 226 valence electrons. The molecule has 5 nitrogen and oxygen atoms in total. The average molecular weight is 588 g/mol. The molecule has 0 radical (unpaired) electrons. The Morgan fingerprint density at radius 3 is 2.41 bits per heavy atom. The molecule has 1 saturated heterocycles. The van der Waals surface area contributed by atoms with Crippen LogP contribution >= 0.6 is 11.6 Å². The minimum absolute atomic E-state index is 0.0326. The van der Waals surface area contributed by atoms with Gasteiger partial charge in [0, 0.05) is 35.4 Å². The predicted octanol–water partition coefficient (Wildman–Crippen LogP) is 7.71. The lowest BCUT2D eigenvalue weighted by Crippen LogP contribution is -2.35. The minimum Gasteiger partial charge on any atom is -0.366 e. The van der Waals surface area contributed by atoms with Gasteiger partial charge in [-0.15, -0.1) is 0 Å². The molecule has 2 aliphatic rings. The van der Waals surface area contributed by atoms with E-state index in [2.05, 4.69) is 38.2 Å². The van der Waals surface area contributed by atoms with Crippen molar-refractivity contribution >= 4 is 17.5 Å². The van der Waals surface area contributed by atoms with E-state index in [9.17, 15) is 15.0 Å². The second kappa shape index (κ2) is 13.8. The van der Waals surface area contributed by atoms with Crippen LogP contribution in [-0.2, 0) is 4.74 Å². The number of ether oxygens (including phenoxy) is 1. The van der Waals surface area contributed by atoms with E-state index in [1.807, 2.05) is 51.1 Å². The molecule has 0 bridgehead atoms. The third-order valence-electron chi connectivity index (χ3n) is 8.61. The van der Waals surface area contributed by atoms with Crippen LogP contribution in [0.1, 0.15) is 96.0 Å². The molecule has 3 N–H and O–H groups in total. The molecule has 5 unspecified atom stereocenters. The van der Waals surface area contributed by atoms with Gasteiger partial charge in [-0.2, -0.15) is 0 Å². The standard InChI is InChI=1S/C34H47ClFNO4/c1-8-10-28(26-13-15-27(16-14-26)32(38)37-18-17-33(7,39)40)30(21(2)11-9-12-23(4)35)34(20-41-34)29-19-22(3)24(5)31(36)25(29)6/h11-16,19,22,24,28,30,39-40H,8-10,17-18,20H2,1-7H3,(H,37,38). The molecule has 0 saturated carbocycles. The summed E-state index contributed by atoms with van der Waals surface area (Å²) in [5.41, 5.74) is 3.80. The van der Waals surface area contributed by atoms with E-state index in [1.54, 1.807) is 0 Å². The largest absolute Gasteiger partial charge is 0.366 e. The van der Waals surface area contributed by atoms with Gasteiger partial charge in [0.1, 0.15) is 11.4 Å². The number of carbonyl (C=O) groups excluding carboxylic acids is 1. The van der Waals surface area contributed by atoms with E-state index < -0.39 is 11.4 Å². The molecule has 0 aromatic heterocycles. The first kappa shape index (κ1) is 33.3. The van der Waals surface area contributed by atoms with Crippen molar-refractivity contribution in [1.82, 2.24) is 5.32 Å². The summed E-state index contributed by atoms with van der Waals surface area (Å²) in [6.07, 6.45) is 8.96. The summed E-state index contributed by atoms with van der Waals surface area (Å²) in [6.45, 7) is 14.0. The maximum Gasteiger partial charge on any atom is 0.251 e. The van der Waals surface area contributed by atoms with Crippen molar-refractivity contribution in [2.24, 2.45) is 17.8 Å². The zero-order valence-electron chi connectivity index (χ0n) is 25.6. The van der Waals surface area contributed by atoms with Crippen molar-refractivity contribution in [2.45, 2.75) is 91.5 Å². The number of hydrogen-bond donors (Lipinski definition) is 3. The summed E-state index contributed by atoms with van der Waals surface area (Å²) in [7, 11) is 0. The van der Waals surface area contributed by atoms with Crippen LogP contribution in [0.15, 0.2) is 70.1 Å². The molecule has 0 spiro atoms. The van der Waals surface area contributed by atoms with E-state index in [0.29, 0.717) is 24.2 Å². The Morgan fingerprint density at radius 1 is 1.24 bits per heavy atom. The maximum absolute atomic E-state index is 15.4. The van der Waals surface area contributed by atoms with Gasteiger partial charge < -0.3 is 20.3 Å². The highest BCUT2D eigenvalue weighted by molar-refractivity contribution is 6.29. The van der Waals surface area contributed by atoms with Gasteiger partial charge in [-0.25, -0.2) is 4.39 Å². The van der Waals surface area contributed by atoms with E-state index in [1.165, 1.54) is 12.5 Å². The molecule has 7 heteroatoms. The number of hydrogen-bond acceptors (Lipinski definition) is 4. The van der Waals surface area contributed by atoms with Gasteiger partial charge in [0.2, 0.25) is 0 Å². The predicted molar refractivity (Wildman–Crippen MR) is 164 cm³/mol. The summed E-state index contributed by atoms with van der Waals surface area (Å²) in [6, 6.07) is 7.63. The van der Waals surface area contributed by atoms with Crippen molar-refractivity contribution < 1.29 is 24.1 Å². The van der Waals surface area contributed by atoms with Crippen molar-refractivity contribution in [1.29, 1.82) is 0 Å². The first-order valence-electron chi connectivity index (χ1n) is 14.8. The summed E-state index contributed by atoms with van der Waals surface area (Å²) < 4.78 is 21.8. The summed E-state index contributed by atoms with van der Waals surface area (Å²) in [4.78, 5) is 12.7. The van der Waals surface area contributed by atoms with Gasteiger partial charge in [0.05, 0.1) is 6.61 Å². The van der Waals surface area contributed by atoms with Crippen LogP contribution < -0.4 is 5.32 Å². The number of amides is 1. The number of halogens is 2. The van der Waals surface area contributed by atoms with Crippen LogP contribution in [0.25, 0.3) is 0 Å². The quantitative estimate of drug-likeness (QED) is 0.125. The zero-order chi connectivity index (χ0) is 30.5. The van der Waals surface area contributed by atoms with Gasteiger partial charge in [0.15, 0.2) is 5.79 Å². The van der Waals surface area contributed by atoms with Gasteiger partial charge in [0.25, 0.3) is 5.91 Å². The Balaban J connectivity index is 2.01. The van der Waals surface area contributed by atoms with Crippen molar-refractivity contribution in [3.63, 3.8) is 0 Å². The van der Waals surface area contributed by atoms with Crippen LogP contribution in [0.5, 0.6) is 0 Å². The minimum atomic E-state index is -1.83. The van der Waals surface area contributed by atoms with Crippen LogP contribution in [0.2, 0.25) is 0 Å². The summed E-state index contributed by atoms with van der Waals surface area (Å²) >= 11 is 6.12. The Bertz CT molecular complexity index is 1200. The monoisotopic (exact) mass is 587 g/mol. The number of aliphatic hydroxyl groups is 2. The van der Waals surface area contributed by atoms with Crippen molar-refractivity contribution in [3.05, 3.63) is 81.2 Å². The van der Waals surface area contributed by atoms with Gasteiger partial charge in [-0.05, 0) is 81.2 Å². The highest BCUT2D eigenvalue weighted by Gasteiger charge is 2.58. The lowest BCUT2D eigenvalue weighted by Gasteiger charge is -2.37. The molecule has 1 aliphatic heterocycles. The fraction of sp³-hybridized carbons (Fsp3) is 0.559. The van der Waals surface area contributed by atoms with Gasteiger partial charge >= 0.3 is 0 Å². The lowest BCUT2D eigenvalue weighted by atomic mass is 9.66. The smallest absolute Gasteiger partial charge is 0.251 e. The Morgan fingerprint density at radius 2 is 1.88 bits per heavy atom. The Labute approximate surface area is 250 Å². The molecule has 1 heterocycles. The number of nitrogens with one attached hydrogen (secondary N) is 1. The topological polar surface area (TPSA) is 82.1 Å². The van der Waals surface area contributed by atoms with Crippen LogP contribution in [0.4, 0.5) is 4.39 Å². The molecular weight excluding hydrogens is 541 g/mol. The lowest BCUT2D eigenvalue weighted by molar-refractivity contribution is -0.147. The van der Waals surface area contributed by atoms with E-state index in [-0.39, 0.29) is 48.4 Å². The fourth-order valence-electron chi connectivity index (χ4n) is 6.05. The van der Waals surface area contributed by atoms with E-state index >= 15 is 4.39 Å². The second-order valence-corrected chi connectivity index (χ2v) is 12.7. The first-order chi connectivity index (χ1) is 19.2. The van der Waals surface area contributed by atoms with E-state index in [0.717, 1.165) is 29.0 Å². The second-order valence-electron chi connectivity index (χ2n) is 12.1. The number of rotatable bonds is 13. The highest BCUT2D eigenvalue weighted by Crippen LogP contribution is 2.56. The molecule has 1 fully saturated rings. The fourth-order valence-corrected chi connectivity index (χ4v) is 6.14. The third kappa shape index (κ3) is 8.19. The molecular formula is C34H47ClFNO4. The number of allylic oxidation sites excluding steroid dienone is 5. The average Bonchev–Trinajstić information content (AvgIpc) is 3.69. The first-order valence-corrected chi connectivity index (χ1v) is 15.1. The number of benzene rings is 1. The van der Waals surface area contributed by atoms with E-state index in [4.69, 9.17) is 16.3 Å². The summed E-state index contributed by atoms with van der Waals surface area (Å²) in [5, 5.41) is 22.5. The molecule has 1 aliphatic carbocycles. The Kier molecular flexibility index (Phi) is 11.2. The molecule has 1 aromatic carbocycles. The molecule has 3 rings (SSSR count). The molecule has 41 heavy (non-hydrogen) atoms. The highest BCUT2D eigenvalue weighted by atomic mass is 35.5. The van der Waals surface area contributed by atoms with Crippen LogP contribution in [-0.4, -0.2) is 40.7 Å². The molecule has 1 amide bonds. The maximum atomic E-state index is 15.4. The van der Waals surface area contributed by atoms with Crippen molar-refractivity contribution in [3.8, 4) is 0 Å².